The molecule has 0 saturated heterocycles. The molecule has 0 radical (unpaired) electrons. The molecule has 25 heavy (non-hydrogen) atoms. The number of benzene rings is 2. The molecule has 1 atom stereocenters. The Morgan fingerprint density at radius 2 is 1.72 bits per heavy atom. The van der Waals surface area contributed by atoms with Crippen molar-refractivity contribution < 1.29 is 4.79 Å². The van der Waals surface area contributed by atoms with Crippen molar-refractivity contribution in [3.05, 3.63) is 70.2 Å². The number of hydrogen-bond donors (Lipinski definition) is 2. The van der Waals surface area contributed by atoms with Crippen LogP contribution < -0.4 is 10.6 Å². The molecule has 0 spiro atoms. The summed E-state index contributed by atoms with van der Waals surface area (Å²) in [5.74, 6) is -0.433. The number of carbonyl (C=O) groups is 1. The molecule has 0 heterocycles. The molecular formula is C17H13Cl5N2O. The first-order chi connectivity index (χ1) is 11.8. The van der Waals surface area contributed by atoms with E-state index in [4.69, 9.17) is 58.0 Å². The minimum absolute atomic E-state index is 0.334. The SMILES string of the molecule is O=C(/C=C/c1ccccc1)NC(Nc1ccc(Cl)cc1Cl)C(Cl)(Cl)Cl. The summed E-state index contributed by atoms with van der Waals surface area (Å²) in [5, 5.41) is 6.29. The van der Waals surface area contributed by atoms with Crippen LogP contribution in [0.3, 0.4) is 0 Å². The van der Waals surface area contributed by atoms with Gasteiger partial charge in [0.2, 0.25) is 9.70 Å². The van der Waals surface area contributed by atoms with Crippen molar-refractivity contribution in [2.75, 3.05) is 5.32 Å². The van der Waals surface area contributed by atoms with Gasteiger partial charge in [-0.05, 0) is 29.8 Å². The number of carbonyl (C=O) groups excluding carboxylic acids is 1. The first-order valence-corrected chi connectivity index (χ1v) is 8.96. The van der Waals surface area contributed by atoms with Crippen molar-refractivity contribution >= 4 is 75.7 Å². The average molecular weight is 439 g/mol. The van der Waals surface area contributed by atoms with Crippen molar-refractivity contribution in [1.29, 1.82) is 0 Å². The van der Waals surface area contributed by atoms with Gasteiger partial charge < -0.3 is 10.6 Å². The maximum absolute atomic E-state index is 12.1. The number of rotatable bonds is 5. The Morgan fingerprint density at radius 1 is 1.04 bits per heavy atom. The quantitative estimate of drug-likeness (QED) is 0.345. The normalized spacial score (nSPS) is 12.8. The minimum Gasteiger partial charge on any atom is -0.361 e. The van der Waals surface area contributed by atoms with Crippen molar-refractivity contribution in [2.24, 2.45) is 0 Å². The highest BCUT2D eigenvalue weighted by atomic mass is 35.6. The van der Waals surface area contributed by atoms with E-state index >= 15 is 0 Å². The lowest BCUT2D eigenvalue weighted by molar-refractivity contribution is -0.116. The number of anilines is 1. The molecule has 0 saturated carbocycles. The number of halogens is 5. The summed E-state index contributed by atoms with van der Waals surface area (Å²) in [6.45, 7) is 0. The Balaban J connectivity index is 2.10. The van der Waals surface area contributed by atoms with Gasteiger partial charge in [0, 0.05) is 11.1 Å². The van der Waals surface area contributed by atoms with E-state index in [1.807, 2.05) is 30.3 Å². The Hall–Kier alpha value is -1.10. The molecule has 0 aliphatic carbocycles. The first-order valence-electron chi connectivity index (χ1n) is 7.07. The van der Waals surface area contributed by atoms with Gasteiger partial charge in [0.1, 0.15) is 6.17 Å². The highest BCUT2D eigenvalue weighted by molar-refractivity contribution is 6.68. The van der Waals surface area contributed by atoms with Gasteiger partial charge in [-0.3, -0.25) is 4.79 Å². The van der Waals surface area contributed by atoms with Crippen LogP contribution in [-0.4, -0.2) is 15.9 Å². The number of amides is 1. The van der Waals surface area contributed by atoms with E-state index in [0.29, 0.717) is 15.7 Å². The Labute approximate surface area is 170 Å². The molecule has 1 unspecified atom stereocenters. The summed E-state index contributed by atoms with van der Waals surface area (Å²) >= 11 is 29.8. The van der Waals surface area contributed by atoms with E-state index in [-0.39, 0.29) is 0 Å². The van der Waals surface area contributed by atoms with Gasteiger partial charge in [-0.15, -0.1) is 0 Å². The third-order valence-corrected chi connectivity index (χ3v) is 4.27. The second-order valence-corrected chi connectivity index (χ2v) is 8.21. The second kappa shape index (κ2) is 9.02. The molecule has 8 heteroatoms. The lowest BCUT2D eigenvalue weighted by atomic mass is 10.2. The predicted octanol–water partition coefficient (Wildman–Crippen LogP) is 5.93. The fraction of sp³-hybridized carbons (Fsp3) is 0.118. The zero-order chi connectivity index (χ0) is 18.4. The summed E-state index contributed by atoms with van der Waals surface area (Å²) in [6, 6.07) is 14.1. The summed E-state index contributed by atoms with van der Waals surface area (Å²) in [6.07, 6.45) is 1.99. The molecule has 2 aromatic rings. The molecule has 2 rings (SSSR count). The monoisotopic (exact) mass is 436 g/mol. The third kappa shape index (κ3) is 6.61. The third-order valence-electron chi connectivity index (χ3n) is 3.07. The fourth-order valence-electron chi connectivity index (χ4n) is 1.89. The molecule has 2 N–H and O–H groups in total. The van der Waals surface area contributed by atoms with Gasteiger partial charge >= 0.3 is 0 Å². The van der Waals surface area contributed by atoms with Crippen LogP contribution in [0.15, 0.2) is 54.6 Å². The largest absolute Gasteiger partial charge is 0.361 e. The van der Waals surface area contributed by atoms with Crippen molar-refractivity contribution in [3.8, 4) is 0 Å². The topological polar surface area (TPSA) is 41.1 Å². The van der Waals surface area contributed by atoms with E-state index in [1.54, 1.807) is 18.2 Å². The number of nitrogens with one attached hydrogen (secondary N) is 2. The highest BCUT2D eigenvalue weighted by Gasteiger charge is 2.34. The van der Waals surface area contributed by atoms with Crippen molar-refractivity contribution in [3.63, 3.8) is 0 Å². The molecule has 0 bridgehead atoms. The predicted molar refractivity (Wildman–Crippen MR) is 108 cm³/mol. The van der Waals surface area contributed by atoms with E-state index in [0.717, 1.165) is 5.56 Å². The molecule has 3 nitrogen and oxygen atoms in total. The zero-order valence-corrected chi connectivity index (χ0v) is 16.4. The highest BCUT2D eigenvalue weighted by Crippen LogP contribution is 2.33. The van der Waals surface area contributed by atoms with Gasteiger partial charge in [0.25, 0.3) is 0 Å². The lowest BCUT2D eigenvalue weighted by Crippen LogP contribution is -2.48. The van der Waals surface area contributed by atoms with Crippen LogP contribution >= 0.6 is 58.0 Å². The van der Waals surface area contributed by atoms with Crippen LogP contribution in [0.25, 0.3) is 6.08 Å². The summed E-state index contributed by atoms with van der Waals surface area (Å²) < 4.78 is -1.81. The van der Waals surface area contributed by atoms with Crippen LogP contribution in [0.4, 0.5) is 5.69 Å². The number of alkyl halides is 3. The van der Waals surface area contributed by atoms with Crippen LogP contribution in [0, 0.1) is 0 Å². The molecule has 1 amide bonds. The van der Waals surface area contributed by atoms with Crippen LogP contribution in [0.5, 0.6) is 0 Å². The number of hydrogen-bond acceptors (Lipinski definition) is 2. The van der Waals surface area contributed by atoms with E-state index in [2.05, 4.69) is 10.6 Å². The van der Waals surface area contributed by atoms with E-state index in [9.17, 15) is 4.79 Å². The van der Waals surface area contributed by atoms with Gasteiger partial charge in [0.15, 0.2) is 0 Å². The maximum Gasteiger partial charge on any atom is 0.245 e. The van der Waals surface area contributed by atoms with Crippen LogP contribution in [0.2, 0.25) is 10.0 Å². The maximum atomic E-state index is 12.1. The molecule has 132 valence electrons. The van der Waals surface area contributed by atoms with Crippen LogP contribution in [0.1, 0.15) is 5.56 Å². The van der Waals surface area contributed by atoms with Gasteiger partial charge in [-0.25, -0.2) is 0 Å². The van der Waals surface area contributed by atoms with Crippen molar-refractivity contribution in [2.45, 2.75) is 9.96 Å². The molecule has 0 aliphatic heterocycles. The Bertz CT molecular complexity index is 759. The van der Waals surface area contributed by atoms with Crippen molar-refractivity contribution in [1.82, 2.24) is 5.32 Å². The molecular weight excluding hydrogens is 425 g/mol. The molecule has 0 aliphatic rings. The summed E-state index contributed by atoms with van der Waals surface area (Å²) in [5.41, 5.74) is 1.34. The smallest absolute Gasteiger partial charge is 0.245 e. The summed E-state index contributed by atoms with van der Waals surface area (Å²) in [7, 11) is 0. The first kappa shape index (κ1) is 20.2. The van der Waals surface area contributed by atoms with Gasteiger partial charge in [-0.2, -0.15) is 0 Å². The van der Waals surface area contributed by atoms with Crippen LogP contribution in [-0.2, 0) is 4.79 Å². The molecule has 0 aromatic heterocycles. The van der Waals surface area contributed by atoms with E-state index < -0.39 is 15.9 Å². The van der Waals surface area contributed by atoms with E-state index in [1.165, 1.54) is 12.1 Å². The summed E-state index contributed by atoms with van der Waals surface area (Å²) in [4.78, 5) is 12.1. The Kier molecular flexibility index (Phi) is 7.29. The molecule has 0 fully saturated rings. The standard InChI is InChI=1S/C17H13Cl5N2O/c18-12-7-8-14(13(19)10-12)23-16(17(20,21)22)24-15(25)9-6-11-4-2-1-3-5-11/h1-10,16,23H,(H,24,25)/b9-6+. The zero-order valence-electron chi connectivity index (χ0n) is 12.6. The minimum atomic E-state index is -1.81. The lowest BCUT2D eigenvalue weighted by Gasteiger charge is -2.27. The second-order valence-electron chi connectivity index (χ2n) is 5.00. The average Bonchev–Trinajstić information content (AvgIpc) is 2.54. The van der Waals surface area contributed by atoms with Gasteiger partial charge in [0.05, 0.1) is 10.7 Å². The van der Waals surface area contributed by atoms with Gasteiger partial charge in [-0.1, -0.05) is 88.3 Å². The molecule has 2 aromatic carbocycles. The Morgan fingerprint density at radius 3 is 2.32 bits per heavy atom. The fourth-order valence-corrected chi connectivity index (χ4v) is 2.68.